The van der Waals surface area contributed by atoms with Crippen LogP contribution in [0.3, 0.4) is 0 Å². The molecule has 4 nitrogen and oxygen atoms in total. The van der Waals surface area contributed by atoms with E-state index in [-0.39, 0.29) is 5.56 Å². The van der Waals surface area contributed by atoms with Crippen LogP contribution in [-0.4, -0.2) is 21.8 Å². The highest BCUT2D eigenvalue weighted by Crippen LogP contribution is 2.09. The Morgan fingerprint density at radius 3 is 2.83 bits per heavy atom. The summed E-state index contributed by atoms with van der Waals surface area (Å²) in [7, 11) is 0. The first-order chi connectivity index (χ1) is 11.0. The fourth-order valence-corrected chi connectivity index (χ4v) is 2.30. The van der Waals surface area contributed by atoms with Crippen LogP contribution in [0.5, 0.6) is 0 Å². The van der Waals surface area contributed by atoms with Crippen LogP contribution in [-0.2, 0) is 6.42 Å². The Labute approximate surface area is 131 Å². The molecule has 0 spiro atoms. The van der Waals surface area contributed by atoms with Gasteiger partial charge >= 0.3 is 0 Å². The van der Waals surface area contributed by atoms with Crippen molar-refractivity contribution in [2.45, 2.75) is 13.3 Å². The van der Waals surface area contributed by atoms with Crippen molar-refractivity contribution in [3.63, 3.8) is 0 Å². The molecule has 0 fully saturated rings. The molecule has 1 N–H and O–H groups in total. The van der Waals surface area contributed by atoms with E-state index in [2.05, 4.69) is 10.3 Å². The third kappa shape index (κ3) is 3.36. The molecule has 0 aliphatic rings. The van der Waals surface area contributed by atoms with Gasteiger partial charge in [-0.3, -0.25) is 4.79 Å². The quantitative estimate of drug-likeness (QED) is 0.805. The minimum atomic E-state index is -1.03. The zero-order valence-electron chi connectivity index (χ0n) is 12.5. The van der Waals surface area contributed by atoms with Gasteiger partial charge in [-0.15, -0.1) is 0 Å². The zero-order valence-corrected chi connectivity index (χ0v) is 12.5. The van der Waals surface area contributed by atoms with Crippen LogP contribution in [0.2, 0.25) is 0 Å². The fourth-order valence-electron chi connectivity index (χ4n) is 2.30. The first kappa shape index (κ1) is 15.1. The molecule has 118 valence electrons. The monoisotopic (exact) mass is 315 g/mol. The lowest BCUT2D eigenvalue weighted by molar-refractivity contribution is 0.0953. The number of carbonyl (C=O) groups is 1. The molecule has 0 saturated heterocycles. The van der Waals surface area contributed by atoms with Crippen molar-refractivity contribution in [2.24, 2.45) is 0 Å². The van der Waals surface area contributed by atoms with Crippen LogP contribution >= 0.6 is 0 Å². The number of hydrogen-bond donors (Lipinski definition) is 1. The molecule has 0 atom stereocenters. The van der Waals surface area contributed by atoms with Crippen LogP contribution in [0, 0.1) is 18.6 Å². The Hall–Kier alpha value is -2.76. The third-order valence-corrected chi connectivity index (χ3v) is 3.51. The van der Waals surface area contributed by atoms with Gasteiger partial charge in [0.2, 0.25) is 0 Å². The predicted molar refractivity (Wildman–Crippen MR) is 82.3 cm³/mol. The number of amides is 1. The Kier molecular flexibility index (Phi) is 4.06. The van der Waals surface area contributed by atoms with E-state index in [9.17, 15) is 13.6 Å². The van der Waals surface area contributed by atoms with E-state index in [1.165, 1.54) is 6.07 Å². The van der Waals surface area contributed by atoms with Crippen molar-refractivity contribution in [2.75, 3.05) is 6.54 Å². The Morgan fingerprint density at radius 1 is 1.22 bits per heavy atom. The largest absolute Gasteiger partial charge is 0.352 e. The summed E-state index contributed by atoms with van der Waals surface area (Å²) >= 11 is 0. The van der Waals surface area contributed by atoms with Crippen molar-refractivity contribution in [1.29, 1.82) is 0 Å². The molecule has 0 bridgehead atoms. The van der Waals surface area contributed by atoms with E-state index < -0.39 is 17.5 Å². The molecule has 1 aromatic carbocycles. The molecule has 3 rings (SSSR count). The summed E-state index contributed by atoms with van der Waals surface area (Å²) in [5.41, 5.74) is 2.92. The van der Waals surface area contributed by atoms with Gasteiger partial charge in [0.25, 0.3) is 5.91 Å². The van der Waals surface area contributed by atoms with Crippen molar-refractivity contribution < 1.29 is 13.6 Å². The first-order valence-electron chi connectivity index (χ1n) is 7.20. The number of aryl methyl sites for hydroxylation is 1. The first-order valence-corrected chi connectivity index (χ1v) is 7.20. The van der Waals surface area contributed by atoms with E-state index >= 15 is 0 Å². The van der Waals surface area contributed by atoms with Gasteiger partial charge in [-0.05, 0) is 42.8 Å². The zero-order chi connectivity index (χ0) is 16.4. The number of hydrogen-bond acceptors (Lipinski definition) is 2. The number of benzene rings is 1. The summed E-state index contributed by atoms with van der Waals surface area (Å²) in [6.45, 7) is 2.36. The molecular formula is C17H15F2N3O. The summed E-state index contributed by atoms with van der Waals surface area (Å²) in [6.07, 6.45) is 4.38. The fraction of sp³-hybridized carbons (Fsp3) is 0.176. The SMILES string of the molecule is Cc1ccn2cc(CCNC(=O)c3ccc(F)c(F)c3)nc2c1. The maximum Gasteiger partial charge on any atom is 0.251 e. The number of aromatic nitrogens is 2. The van der Waals surface area contributed by atoms with Crippen LogP contribution in [0.25, 0.3) is 5.65 Å². The topological polar surface area (TPSA) is 46.4 Å². The molecule has 2 aromatic heterocycles. The Balaban J connectivity index is 1.61. The van der Waals surface area contributed by atoms with Crippen LogP contribution < -0.4 is 5.32 Å². The maximum absolute atomic E-state index is 13.1. The molecule has 23 heavy (non-hydrogen) atoms. The van der Waals surface area contributed by atoms with E-state index in [1.807, 2.05) is 35.9 Å². The molecule has 0 saturated carbocycles. The van der Waals surface area contributed by atoms with Gasteiger partial charge < -0.3 is 9.72 Å². The van der Waals surface area contributed by atoms with Gasteiger partial charge in [0, 0.05) is 30.9 Å². The van der Waals surface area contributed by atoms with Crippen LogP contribution in [0.4, 0.5) is 8.78 Å². The molecule has 0 aliphatic heterocycles. The molecule has 0 aliphatic carbocycles. The minimum Gasteiger partial charge on any atom is -0.352 e. The lowest BCUT2D eigenvalue weighted by atomic mass is 10.2. The van der Waals surface area contributed by atoms with Gasteiger partial charge in [-0.1, -0.05) is 0 Å². The number of pyridine rings is 1. The second-order valence-corrected chi connectivity index (χ2v) is 5.34. The third-order valence-electron chi connectivity index (χ3n) is 3.51. The smallest absolute Gasteiger partial charge is 0.251 e. The summed E-state index contributed by atoms with van der Waals surface area (Å²) < 4.78 is 27.9. The lowest BCUT2D eigenvalue weighted by Crippen LogP contribution is -2.25. The molecule has 0 radical (unpaired) electrons. The molecule has 3 aromatic rings. The molecule has 2 heterocycles. The van der Waals surface area contributed by atoms with Crippen LogP contribution in [0.15, 0.2) is 42.7 Å². The van der Waals surface area contributed by atoms with Gasteiger partial charge in [-0.2, -0.15) is 0 Å². The number of carbonyl (C=O) groups excluding carboxylic acids is 1. The molecule has 6 heteroatoms. The van der Waals surface area contributed by atoms with E-state index in [1.54, 1.807) is 0 Å². The standard InChI is InChI=1S/C17H15F2N3O/c1-11-5-7-22-10-13(21-16(22)8-11)4-6-20-17(23)12-2-3-14(18)15(19)9-12/h2-3,5,7-10H,4,6H2,1H3,(H,20,23). The average Bonchev–Trinajstić information content (AvgIpc) is 2.91. The highest BCUT2D eigenvalue weighted by Gasteiger charge is 2.09. The highest BCUT2D eigenvalue weighted by molar-refractivity contribution is 5.94. The summed E-state index contributed by atoms with van der Waals surface area (Å²) in [5, 5.41) is 2.67. The van der Waals surface area contributed by atoms with Crippen molar-refractivity contribution >= 4 is 11.6 Å². The van der Waals surface area contributed by atoms with E-state index in [0.29, 0.717) is 13.0 Å². The van der Waals surface area contributed by atoms with E-state index in [4.69, 9.17) is 0 Å². The number of fused-ring (bicyclic) bond motifs is 1. The molecule has 0 unspecified atom stereocenters. The second kappa shape index (κ2) is 6.16. The lowest BCUT2D eigenvalue weighted by Gasteiger charge is -2.04. The van der Waals surface area contributed by atoms with E-state index in [0.717, 1.165) is 29.0 Å². The average molecular weight is 315 g/mol. The van der Waals surface area contributed by atoms with Gasteiger partial charge in [0.15, 0.2) is 11.6 Å². The van der Waals surface area contributed by atoms with Crippen molar-refractivity contribution in [3.05, 3.63) is 71.2 Å². The van der Waals surface area contributed by atoms with Crippen molar-refractivity contribution in [3.8, 4) is 0 Å². The highest BCUT2D eigenvalue weighted by atomic mass is 19.2. The number of halogens is 2. The number of nitrogens with one attached hydrogen (secondary N) is 1. The van der Waals surface area contributed by atoms with Crippen LogP contribution in [0.1, 0.15) is 21.6 Å². The molecular weight excluding hydrogens is 300 g/mol. The number of imidazole rings is 1. The summed E-state index contributed by atoms with van der Waals surface area (Å²) in [5.74, 6) is -2.45. The van der Waals surface area contributed by atoms with Gasteiger partial charge in [0.05, 0.1) is 5.69 Å². The van der Waals surface area contributed by atoms with Gasteiger partial charge in [0.1, 0.15) is 5.65 Å². The Bertz CT molecular complexity index is 873. The number of nitrogens with zero attached hydrogens (tertiary/aromatic N) is 2. The second-order valence-electron chi connectivity index (χ2n) is 5.34. The normalized spacial score (nSPS) is 10.9. The minimum absolute atomic E-state index is 0.0922. The Morgan fingerprint density at radius 2 is 2.04 bits per heavy atom. The molecule has 1 amide bonds. The summed E-state index contributed by atoms with van der Waals surface area (Å²) in [4.78, 5) is 16.4. The predicted octanol–water partition coefficient (Wildman–Crippen LogP) is 2.89. The summed E-state index contributed by atoms with van der Waals surface area (Å²) in [6, 6.07) is 7.04. The number of rotatable bonds is 4. The van der Waals surface area contributed by atoms with Gasteiger partial charge in [-0.25, -0.2) is 13.8 Å². The maximum atomic E-state index is 13.1. The van der Waals surface area contributed by atoms with Crippen molar-refractivity contribution in [1.82, 2.24) is 14.7 Å².